The minimum Gasteiger partial charge on any atom is -0.479 e. The van der Waals surface area contributed by atoms with E-state index in [1.54, 1.807) is 13.2 Å². The van der Waals surface area contributed by atoms with E-state index in [2.05, 4.69) is 0 Å². The number of rotatable bonds is 6. The highest BCUT2D eigenvalue weighted by molar-refractivity contribution is 7.12. The molecule has 6 nitrogen and oxygen atoms in total. The third kappa shape index (κ3) is 2.95. The quantitative estimate of drug-likeness (QED) is 0.863. The molecule has 1 aliphatic rings. The average molecular weight is 313 g/mol. The molecule has 7 heteroatoms. The molecule has 1 saturated heterocycles. The van der Waals surface area contributed by atoms with E-state index < -0.39 is 11.5 Å². The van der Waals surface area contributed by atoms with Crippen LogP contribution >= 0.6 is 11.3 Å². The molecule has 1 aromatic rings. The van der Waals surface area contributed by atoms with Crippen LogP contribution in [-0.2, 0) is 20.9 Å². The first-order chi connectivity index (χ1) is 10.0. The lowest BCUT2D eigenvalue weighted by atomic mass is 9.97. The summed E-state index contributed by atoms with van der Waals surface area (Å²) < 4.78 is 10.1. The van der Waals surface area contributed by atoms with E-state index in [4.69, 9.17) is 9.47 Å². The Hall–Kier alpha value is -1.44. The van der Waals surface area contributed by atoms with Gasteiger partial charge in [-0.3, -0.25) is 4.79 Å². The Kier molecular flexibility index (Phi) is 4.97. The first-order valence-corrected chi connectivity index (χ1v) is 7.54. The van der Waals surface area contributed by atoms with Crippen LogP contribution in [0.25, 0.3) is 0 Å². The molecule has 1 fully saturated rings. The van der Waals surface area contributed by atoms with Crippen LogP contribution in [-0.4, -0.2) is 54.8 Å². The fourth-order valence-corrected chi connectivity index (χ4v) is 3.56. The van der Waals surface area contributed by atoms with Crippen LogP contribution in [0.5, 0.6) is 0 Å². The summed E-state index contributed by atoms with van der Waals surface area (Å²) >= 11 is 1.31. The van der Waals surface area contributed by atoms with Gasteiger partial charge in [-0.1, -0.05) is 0 Å². The van der Waals surface area contributed by atoms with Crippen molar-refractivity contribution in [1.82, 2.24) is 4.90 Å². The average Bonchev–Trinajstić information content (AvgIpc) is 3.06. The zero-order valence-electron chi connectivity index (χ0n) is 12.1. The van der Waals surface area contributed by atoms with Crippen LogP contribution in [0.2, 0.25) is 0 Å². The molecule has 0 radical (unpaired) electrons. The Labute approximate surface area is 127 Å². The second-order valence-corrected chi connectivity index (χ2v) is 5.99. The molecule has 2 heterocycles. The lowest BCUT2D eigenvalue weighted by molar-refractivity contribution is -0.151. The zero-order valence-corrected chi connectivity index (χ0v) is 12.9. The molecular formula is C14H19NO5S. The Morgan fingerprint density at radius 1 is 1.43 bits per heavy atom. The van der Waals surface area contributed by atoms with Crippen molar-refractivity contribution in [1.29, 1.82) is 0 Å². The van der Waals surface area contributed by atoms with Gasteiger partial charge in [-0.2, -0.15) is 0 Å². The van der Waals surface area contributed by atoms with E-state index in [-0.39, 0.29) is 12.5 Å². The maximum atomic E-state index is 12.6. The molecular weight excluding hydrogens is 294 g/mol. The highest BCUT2D eigenvalue weighted by atomic mass is 32.1. The minimum atomic E-state index is -1.25. The van der Waals surface area contributed by atoms with E-state index >= 15 is 0 Å². The van der Waals surface area contributed by atoms with Gasteiger partial charge in [0.2, 0.25) is 0 Å². The van der Waals surface area contributed by atoms with Gasteiger partial charge in [-0.05, 0) is 29.9 Å². The monoisotopic (exact) mass is 313 g/mol. The van der Waals surface area contributed by atoms with Crippen molar-refractivity contribution in [2.24, 2.45) is 0 Å². The molecule has 1 aromatic heterocycles. The summed E-state index contributed by atoms with van der Waals surface area (Å²) in [5.41, 5.74) is -0.338. The van der Waals surface area contributed by atoms with Gasteiger partial charge in [-0.15, -0.1) is 11.3 Å². The molecule has 0 aromatic carbocycles. The van der Waals surface area contributed by atoms with E-state index in [1.807, 2.05) is 5.38 Å². The smallest absolute Gasteiger partial charge is 0.332 e. The number of thiophene rings is 1. The lowest BCUT2D eigenvalue weighted by Gasteiger charge is -2.33. The van der Waals surface area contributed by atoms with Crippen LogP contribution in [0.15, 0.2) is 11.4 Å². The highest BCUT2D eigenvalue weighted by Crippen LogP contribution is 2.33. The predicted molar refractivity (Wildman–Crippen MR) is 77.5 cm³/mol. The number of hydrogen-bond acceptors (Lipinski definition) is 5. The van der Waals surface area contributed by atoms with Crippen molar-refractivity contribution < 1.29 is 24.2 Å². The summed E-state index contributed by atoms with van der Waals surface area (Å²) in [6.07, 6.45) is 1.08. The van der Waals surface area contributed by atoms with Crippen LogP contribution in [0.1, 0.15) is 28.1 Å². The molecule has 1 amide bonds. The van der Waals surface area contributed by atoms with Crippen LogP contribution < -0.4 is 0 Å². The van der Waals surface area contributed by atoms with Gasteiger partial charge in [0.05, 0.1) is 18.1 Å². The molecule has 2 rings (SSSR count). The van der Waals surface area contributed by atoms with E-state index in [1.165, 1.54) is 23.3 Å². The van der Waals surface area contributed by atoms with Crippen LogP contribution in [0.3, 0.4) is 0 Å². The number of carbonyl (C=O) groups is 2. The zero-order chi connectivity index (χ0) is 15.5. The van der Waals surface area contributed by atoms with Crippen LogP contribution in [0, 0.1) is 0 Å². The van der Waals surface area contributed by atoms with E-state index in [0.29, 0.717) is 30.9 Å². The molecule has 0 bridgehead atoms. The van der Waals surface area contributed by atoms with Gasteiger partial charge < -0.3 is 19.5 Å². The van der Waals surface area contributed by atoms with E-state index in [9.17, 15) is 14.7 Å². The van der Waals surface area contributed by atoms with Gasteiger partial charge in [0.15, 0.2) is 5.54 Å². The number of carboxylic acids is 1. The maximum absolute atomic E-state index is 12.6. The molecule has 116 valence electrons. The molecule has 21 heavy (non-hydrogen) atoms. The number of carbonyl (C=O) groups excluding carboxylic acids is 1. The Balaban J connectivity index is 2.25. The minimum absolute atomic E-state index is 0.00434. The summed E-state index contributed by atoms with van der Waals surface area (Å²) in [5.74, 6) is -1.26. The predicted octanol–water partition coefficient (Wildman–Crippen LogP) is 1.60. The molecule has 0 saturated carbocycles. The second-order valence-electron chi connectivity index (χ2n) is 5.08. The summed E-state index contributed by atoms with van der Waals surface area (Å²) in [7, 11) is 3.04. The van der Waals surface area contributed by atoms with Crippen molar-refractivity contribution in [2.75, 3.05) is 27.4 Å². The van der Waals surface area contributed by atoms with Crippen molar-refractivity contribution in [3.05, 3.63) is 21.9 Å². The maximum Gasteiger partial charge on any atom is 0.332 e. The van der Waals surface area contributed by atoms with Crippen LogP contribution in [0.4, 0.5) is 0 Å². The third-order valence-corrected chi connectivity index (χ3v) is 4.66. The summed E-state index contributed by atoms with van der Waals surface area (Å²) in [4.78, 5) is 26.3. The standard InChI is InChI=1S/C14H19NO5S/c1-19-7-10-6-11(21-8-10)12(16)15-5-3-4-14(15,9-20-2)13(17)18/h6,8H,3-5,7,9H2,1-2H3,(H,17,18). The molecule has 0 spiro atoms. The van der Waals surface area contributed by atoms with E-state index in [0.717, 1.165) is 5.56 Å². The Bertz CT molecular complexity index is 529. The number of nitrogens with zero attached hydrogens (tertiary/aromatic N) is 1. The Morgan fingerprint density at radius 3 is 2.81 bits per heavy atom. The lowest BCUT2D eigenvalue weighted by Crippen LogP contribution is -2.56. The summed E-state index contributed by atoms with van der Waals surface area (Å²) in [6.45, 7) is 0.877. The van der Waals surface area contributed by atoms with Gasteiger partial charge >= 0.3 is 5.97 Å². The van der Waals surface area contributed by atoms with Gasteiger partial charge in [0, 0.05) is 20.8 Å². The van der Waals surface area contributed by atoms with Crippen molar-refractivity contribution in [3.63, 3.8) is 0 Å². The number of ether oxygens (including phenoxy) is 2. The van der Waals surface area contributed by atoms with Gasteiger partial charge in [0.25, 0.3) is 5.91 Å². The second kappa shape index (κ2) is 6.55. The molecule has 1 unspecified atom stereocenters. The van der Waals surface area contributed by atoms with Gasteiger partial charge in [0.1, 0.15) is 0 Å². The summed E-state index contributed by atoms with van der Waals surface area (Å²) in [5, 5.41) is 11.4. The largest absolute Gasteiger partial charge is 0.479 e. The third-order valence-electron chi connectivity index (χ3n) is 3.69. The molecule has 1 N–H and O–H groups in total. The fourth-order valence-electron chi connectivity index (χ4n) is 2.71. The van der Waals surface area contributed by atoms with Crippen molar-refractivity contribution in [2.45, 2.75) is 25.0 Å². The molecule has 1 aliphatic heterocycles. The topological polar surface area (TPSA) is 76.1 Å². The fraction of sp³-hybridized carbons (Fsp3) is 0.571. The Morgan fingerprint density at radius 2 is 2.19 bits per heavy atom. The first-order valence-electron chi connectivity index (χ1n) is 6.66. The number of carboxylic acid groups (broad SMARTS) is 1. The number of aliphatic carboxylic acids is 1. The van der Waals surface area contributed by atoms with Crippen molar-refractivity contribution in [3.8, 4) is 0 Å². The number of methoxy groups -OCH3 is 2. The highest BCUT2D eigenvalue weighted by Gasteiger charge is 2.50. The first kappa shape index (κ1) is 15.9. The normalized spacial score (nSPS) is 21.7. The van der Waals surface area contributed by atoms with Crippen molar-refractivity contribution >= 4 is 23.2 Å². The molecule has 1 atom stereocenters. The number of amides is 1. The molecule has 0 aliphatic carbocycles. The summed E-state index contributed by atoms with van der Waals surface area (Å²) in [6, 6.07) is 1.76. The SMILES string of the molecule is COCc1csc(C(=O)N2CCCC2(COC)C(=O)O)c1. The van der Waals surface area contributed by atoms with Gasteiger partial charge in [-0.25, -0.2) is 4.79 Å². The number of likely N-dealkylation sites (tertiary alicyclic amines) is 1. The number of hydrogen-bond donors (Lipinski definition) is 1.